The Kier molecular flexibility index (Phi) is 4.16. The van der Waals surface area contributed by atoms with Crippen molar-refractivity contribution in [3.05, 3.63) is 126 Å². The van der Waals surface area contributed by atoms with Crippen molar-refractivity contribution in [2.24, 2.45) is 0 Å². The van der Waals surface area contributed by atoms with Crippen LogP contribution in [0.4, 0.5) is 0 Å². The lowest BCUT2D eigenvalue weighted by atomic mass is 9.78. The highest BCUT2D eigenvalue weighted by molar-refractivity contribution is 5.88. The first-order chi connectivity index (χ1) is 12.7. The zero-order valence-electron chi connectivity index (χ0n) is 14.5. The molecule has 4 rings (SSSR count). The summed E-state index contributed by atoms with van der Waals surface area (Å²) < 4.78 is 0. The molecular formula is C25H20O. The topological polar surface area (TPSA) is 20.2 Å². The van der Waals surface area contributed by atoms with E-state index < -0.39 is 5.60 Å². The van der Waals surface area contributed by atoms with Crippen LogP contribution in [0.3, 0.4) is 0 Å². The van der Waals surface area contributed by atoms with E-state index in [-0.39, 0.29) is 0 Å². The Balaban J connectivity index is 1.89. The molecule has 0 unspecified atom stereocenters. The fraction of sp³-hybridized carbons (Fsp3) is 0.0400. The minimum absolute atomic E-state index is 0.667. The lowest BCUT2D eigenvalue weighted by Gasteiger charge is -2.32. The fourth-order valence-corrected chi connectivity index (χ4v) is 3.46. The molecule has 0 heterocycles. The molecule has 0 aliphatic heterocycles. The minimum atomic E-state index is -1.29. The number of benzene rings is 4. The molecule has 0 aliphatic carbocycles. The van der Waals surface area contributed by atoms with Gasteiger partial charge in [-0.15, -0.1) is 0 Å². The Hall–Kier alpha value is -3.16. The quantitative estimate of drug-likeness (QED) is 0.500. The van der Waals surface area contributed by atoms with Gasteiger partial charge in [0.15, 0.2) is 0 Å². The van der Waals surface area contributed by atoms with Gasteiger partial charge in [0, 0.05) is 0 Å². The third kappa shape index (κ3) is 2.73. The predicted octanol–water partition coefficient (Wildman–Crippen LogP) is 5.79. The Morgan fingerprint density at radius 3 is 1.69 bits per heavy atom. The first-order valence-corrected chi connectivity index (χ1v) is 8.71. The molecule has 0 spiro atoms. The van der Waals surface area contributed by atoms with Crippen LogP contribution >= 0.6 is 0 Å². The van der Waals surface area contributed by atoms with Gasteiger partial charge in [0.25, 0.3) is 0 Å². The van der Waals surface area contributed by atoms with Crippen molar-refractivity contribution < 1.29 is 5.11 Å². The van der Waals surface area contributed by atoms with Gasteiger partial charge in [-0.25, -0.2) is 0 Å². The van der Waals surface area contributed by atoms with Gasteiger partial charge >= 0.3 is 0 Å². The van der Waals surface area contributed by atoms with Crippen molar-refractivity contribution in [3.8, 4) is 0 Å². The molecule has 0 fully saturated rings. The second-order valence-electron chi connectivity index (χ2n) is 6.48. The van der Waals surface area contributed by atoms with E-state index in [1.807, 2.05) is 78.9 Å². The summed E-state index contributed by atoms with van der Waals surface area (Å²) in [5, 5.41) is 14.2. The maximum Gasteiger partial charge on any atom is 0.140 e. The Morgan fingerprint density at radius 2 is 1.12 bits per heavy atom. The molecule has 0 aliphatic rings. The maximum absolute atomic E-state index is 11.8. The summed E-state index contributed by atoms with van der Waals surface area (Å²) in [6, 6.07) is 33.9. The fourth-order valence-electron chi connectivity index (χ4n) is 3.46. The van der Waals surface area contributed by atoms with Gasteiger partial charge in [0.05, 0.1) is 0 Å². The highest BCUT2D eigenvalue weighted by Gasteiger charge is 2.35. The summed E-state index contributed by atoms with van der Waals surface area (Å²) >= 11 is 0. The highest BCUT2D eigenvalue weighted by Crippen LogP contribution is 2.41. The van der Waals surface area contributed by atoms with Crippen LogP contribution in [0.25, 0.3) is 16.3 Å². The molecule has 0 saturated carbocycles. The number of hydrogen-bond acceptors (Lipinski definition) is 1. The lowest BCUT2D eigenvalue weighted by Crippen LogP contribution is -2.28. The summed E-state index contributed by atoms with van der Waals surface area (Å²) in [5.74, 6) is 0. The Labute approximate surface area is 153 Å². The van der Waals surface area contributed by atoms with Gasteiger partial charge in [-0.05, 0) is 39.1 Å². The van der Waals surface area contributed by atoms with Crippen LogP contribution in [0, 0.1) is 0 Å². The van der Waals surface area contributed by atoms with Crippen LogP contribution in [0.5, 0.6) is 0 Å². The zero-order valence-corrected chi connectivity index (χ0v) is 14.5. The molecule has 0 aromatic heterocycles. The number of hydrogen-bond donors (Lipinski definition) is 1. The largest absolute Gasteiger partial charge is 0.376 e. The number of rotatable bonds is 4. The highest BCUT2D eigenvalue weighted by atomic mass is 16.3. The molecule has 0 bridgehead atoms. The van der Waals surface area contributed by atoms with Gasteiger partial charge in [0.1, 0.15) is 5.60 Å². The molecule has 0 saturated heterocycles. The van der Waals surface area contributed by atoms with E-state index in [0.29, 0.717) is 5.57 Å². The van der Waals surface area contributed by atoms with E-state index in [1.165, 1.54) is 5.39 Å². The van der Waals surface area contributed by atoms with Crippen LogP contribution in [0.1, 0.15) is 16.7 Å². The van der Waals surface area contributed by atoms with E-state index >= 15 is 0 Å². The smallest absolute Gasteiger partial charge is 0.140 e. The normalized spacial score (nSPS) is 11.4. The molecule has 4 aromatic rings. The van der Waals surface area contributed by atoms with Gasteiger partial charge < -0.3 is 5.11 Å². The molecular weight excluding hydrogens is 316 g/mol. The number of aliphatic hydroxyl groups is 1. The molecule has 1 heteroatoms. The van der Waals surface area contributed by atoms with E-state index in [2.05, 4.69) is 30.8 Å². The second-order valence-corrected chi connectivity index (χ2v) is 6.48. The molecule has 26 heavy (non-hydrogen) atoms. The average molecular weight is 336 g/mol. The Morgan fingerprint density at radius 1 is 0.615 bits per heavy atom. The first-order valence-electron chi connectivity index (χ1n) is 8.71. The van der Waals surface area contributed by atoms with Crippen LogP contribution in [0.15, 0.2) is 110 Å². The van der Waals surface area contributed by atoms with E-state index in [4.69, 9.17) is 0 Å². The van der Waals surface area contributed by atoms with Gasteiger partial charge in [-0.1, -0.05) is 104 Å². The van der Waals surface area contributed by atoms with Gasteiger partial charge in [0.2, 0.25) is 0 Å². The summed E-state index contributed by atoms with van der Waals surface area (Å²) in [7, 11) is 0. The van der Waals surface area contributed by atoms with E-state index in [1.54, 1.807) is 0 Å². The van der Waals surface area contributed by atoms with Crippen LogP contribution in [0.2, 0.25) is 0 Å². The molecule has 0 amide bonds. The molecule has 0 atom stereocenters. The third-order valence-electron chi connectivity index (χ3n) is 4.92. The monoisotopic (exact) mass is 336 g/mol. The molecule has 4 aromatic carbocycles. The zero-order chi connectivity index (χ0) is 18.0. The van der Waals surface area contributed by atoms with Gasteiger partial charge in [-0.3, -0.25) is 0 Å². The number of fused-ring (bicyclic) bond motifs is 1. The summed E-state index contributed by atoms with van der Waals surface area (Å²) in [4.78, 5) is 0. The van der Waals surface area contributed by atoms with Crippen LogP contribution < -0.4 is 0 Å². The molecule has 1 nitrogen and oxygen atoms in total. The maximum atomic E-state index is 11.8. The summed E-state index contributed by atoms with van der Waals surface area (Å²) in [5.41, 5.74) is 1.93. The third-order valence-corrected chi connectivity index (χ3v) is 4.92. The van der Waals surface area contributed by atoms with Crippen molar-refractivity contribution in [3.63, 3.8) is 0 Å². The summed E-state index contributed by atoms with van der Waals surface area (Å²) in [6.45, 7) is 4.31. The van der Waals surface area contributed by atoms with Crippen LogP contribution in [-0.2, 0) is 5.60 Å². The average Bonchev–Trinajstić information content (AvgIpc) is 2.73. The van der Waals surface area contributed by atoms with Crippen molar-refractivity contribution in [2.75, 3.05) is 0 Å². The summed E-state index contributed by atoms with van der Waals surface area (Å²) in [6.07, 6.45) is 0. The van der Waals surface area contributed by atoms with Crippen molar-refractivity contribution in [1.82, 2.24) is 0 Å². The van der Waals surface area contributed by atoms with E-state index in [9.17, 15) is 5.11 Å². The lowest BCUT2D eigenvalue weighted by molar-refractivity contribution is 0.146. The minimum Gasteiger partial charge on any atom is -0.376 e. The second kappa shape index (κ2) is 6.62. The SMILES string of the molecule is C=C(c1ccc2ccccc2c1)C(O)(c1ccccc1)c1ccccc1. The molecule has 0 radical (unpaired) electrons. The van der Waals surface area contributed by atoms with Crippen molar-refractivity contribution in [2.45, 2.75) is 5.60 Å². The van der Waals surface area contributed by atoms with Crippen LogP contribution in [-0.4, -0.2) is 5.11 Å². The van der Waals surface area contributed by atoms with Crippen molar-refractivity contribution in [1.29, 1.82) is 0 Å². The Bertz CT molecular complexity index is 1010. The molecule has 126 valence electrons. The predicted molar refractivity (Wildman–Crippen MR) is 109 cm³/mol. The van der Waals surface area contributed by atoms with Gasteiger partial charge in [-0.2, -0.15) is 0 Å². The standard InChI is InChI=1S/C25H20O/c1-19(21-17-16-20-10-8-9-11-22(20)18-21)25(26,23-12-4-2-5-13-23)24-14-6-3-7-15-24/h2-18,26H,1H2. The van der Waals surface area contributed by atoms with Crippen molar-refractivity contribution >= 4 is 16.3 Å². The molecule has 1 N–H and O–H groups in total. The van der Waals surface area contributed by atoms with E-state index in [0.717, 1.165) is 22.1 Å². The first kappa shape index (κ1) is 16.3.